The average Bonchev–Trinajstić information content (AvgIpc) is 2.73. The summed E-state index contributed by atoms with van der Waals surface area (Å²) in [6.07, 6.45) is 9.65. The molecule has 0 unspecified atom stereocenters. The summed E-state index contributed by atoms with van der Waals surface area (Å²) in [7, 11) is 4.11. The summed E-state index contributed by atoms with van der Waals surface area (Å²) in [5, 5.41) is 4.82. The fourth-order valence-corrected chi connectivity index (χ4v) is 4.13. The highest BCUT2D eigenvalue weighted by atomic mass is 15.2. The smallest absolute Gasteiger partial charge is 0.139 e. The van der Waals surface area contributed by atoms with Gasteiger partial charge in [-0.2, -0.15) is 0 Å². The van der Waals surface area contributed by atoms with Crippen LogP contribution in [-0.2, 0) is 13.0 Å². The van der Waals surface area contributed by atoms with Gasteiger partial charge in [-0.3, -0.25) is 4.98 Å². The highest BCUT2D eigenvalue weighted by molar-refractivity contribution is 5.89. The van der Waals surface area contributed by atoms with Crippen LogP contribution in [0.5, 0.6) is 0 Å². The summed E-state index contributed by atoms with van der Waals surface area (Å²) >= 11 is 0. The third-order valence-electron chi connectivity index (χ3n) is 5.69. The lowest BCUT2D eigenvalue weighted by molar-refractivity contribution is 0.287. The summed E-state index contributed by atoms with van der Waals surface area (Å²) < 4.78 is 0. The van der Waals surface area contributed by atoms with Crippen molar-refractivity contribution in [3.05, 3.63) is 60.2 Å². The van der Waals surface area contributed by atoms with E-state index in [4.69, 9.17) is 9.97 Å². The van der Waals surface area contributed by atoms with Crippen molar-refractivity contribution in [2.45, 2.75) is 44.7 Å². The SMILES string of the molecule is CN(C)c1nc(C[C@H]2CC[C@@H](NCc3cccnc3)CC2)nc2ccccc12. The van der Waals surface area contributed by atoms with E-state index in [2.05, 4.69) is 59.6 Å². The second kappa shape index (κ2) is 8.65. The summed E-state index contributed by atoms with van der Waals surface area (Å²) in [5.41, 5.74) is 2.30. The van der Waals surface area contributed by atoms with Crippen LogP contribution < -0.4 is 10.2 Å². The predicted octanol–water partition coefficient (Wildman–Crippen LogP) is 3.98. The normalized spacial score (nSPS) is 19.6. The molecule has 28 heavy (non-hydrogen) atoms. The number of pyridine rings is 1. The van der Waals surface area contributed by atoms with Crippen LogP contribution in [0.3, 0.4) is 0 Å². The number of aromatic nitrogens is 3. The maximum atomic E-state index is 4.88. The van der Waals surface area contributed by atoms with Crippen molar-refractivity contribution in [1.82, 2.24) is 20.3 Å². The Bertz CT molecular complexity index is 901. The Kier molecular flexibility index (Phi) is 5.81. The quantitative estimate of drug-likeness (QED) is 0.706. The van der Waals surface area contributed by atoms with Crippen LogP contribution in [0.2, 0.25) is 0 Å². The van der Waals surface area contributed by atoms with Gasteiger partial charge in [-0.25, -0.2) is 9.97 Å². The third-order valence-corrected chi connectivity index (χ3v) is 5.69. The van der Waals surface area contributed by atoms with E-state index in [-0.39, 0.29) is 0 Å². The fourth-order valence-electron chi connectivity index (χ4n) is 4.13. The highest BCUT2D eigenvalue weighted by Crippen LogP contribution is 2.29. The Morgan fingerprint density at radius 3 is 2.57 bits per heavy atom. The molecule has 3 aromatic rings. The van der Waals surface area contributed by atoms with Crippen molar-refractivity contribution in [3.8, 4) is 0 Å². The largest absolute Gasteiger partial charge is 0.362 e. The number of fused-ring (bicyclic) bond motifs is 1. The highest BCUT2D eigenvalue weighted by Gasteiger charge is 2.22. The van der Waals surface area contributed by atoms with E-state index in [1.165, 1.54) is 31.2 Å². The van der Waals surface area contributed by atoms with E-state index >= 15 is 0 Å². The molecule has 1 aliphatic carbocycles. The number of hydrogen-bond donors (Lipinski definition) is 1. The molecule has 4 rings (SSSR count). The van der Waals surface area contributed by atoms with Crippen molar-refractivity contribution in [2.24, 2.45) is 5.92 Å². The van der Waals surface area contributed by atoms with Gasteiger partial charge in [0.05, 0.1) is 5.52 Å². The first kappa shape index (κ1) is 18.8. The topological polar surface area (TPSA) is 53.9 Å². The number of para-hydroxylation sites is 1. The first-order valence-electron chi connectivity index (χ1n) is 10.2. The zero-order valence-corrected chi connectivity index (χ0v) is 16.8. The third kappa shape index (κ3) is 4.47. The molecule has 0 bridgehead atoms. The Morgan fingerprint density at radius 1 is 1.00 bits per heavy atom. The molecule has 2 heterocycles. The molecule has 1 saturated carbocycles. The van der Waals surface area contributed by atoms with Gasteiger partial charge in [-0.05, 0) is 55.4 Å². The van der Waals surface area contributed by atoms with Gasteiger partial charge in [0.25, 0.3) is 0 Å². The van der Waals surface area contributed by atoms with Crippen LogP contribution >= 0.6 is 0 Å². The van der Waals surface area contributed by atoms with Gasteiger partial charge in [0.2, 0.25) is 0 Å². The molecule has 2 aromatic heterocycles. The molecule has 0 aliphatic heterocycles. The molecule has 0 atom stereocenters. The van der Waals surface area contributed by atoms with Gasteiger partial charge < -0.3 is 10.2 Å². The molecule has 0 saturated heterocycles. The Hall–Kier alpha value is -2.53. The maximum Gasteiger partial charge on any atom is 0.139 e. The molecule has 5 nitrogen and oxygen atoms in total. The zero-order chi connectivity index (χ0) is 19.3. The Labute approximate surface area is 167 Å². The van der Waals surface area contributed by atoms with Crippen molar-refractivity contribution >= 4 is 16.7 Å². The van der Waals surface area contributed by atoms with Crippen LogP contribution in [-0.4, -0.2) is 35.1 Å². The lowest BCUT2D eigenvalue weighted by atomic mass is 9.84. The van der Waals surface area contributed by atoms with Crippen LogP contribution in [0.25, 0.3) is 10.9 Å². The molecule has 1 aromatic carbocycles. The molecule has 0 spiro atoms. The maximum absolute atomic E-state index is 4.88. The second-order valence-electron chi connectivity index (χ2n) is 8.04. The van der Waals surface area contributed by atoms with E-state index in [1.807, 2.05) is 18.5 Å². The van der Waals surface area contributed by atoms with Crippen molar-refractivity contribution in [2.75, 3.05) is 19.0 Å². The number of rotatable bonds is 6. The number of nitrogens with zero attached hydrogens (tertiary/aromatic N) is 4. The Balaban J connectivity index is 1.36. The molecule has 146 valence electrons. The lowest BCUT2D eigenvalue weighted by Crippen LogP contribution is -2.33. The summed E-state index contributed by atoms with van der Waals surface area (Å²) in [5.74, 6) is 2.68. The minimum atomic E-state index is 0.603. The summed E-state index contributed by atoms with van der Waals surface area (Å²) in [6, 6.07) is 13.0. The minimum absolute atomic E-state index is 0.603. The molecule has 0 radical (unpaired) electrons. The molecular weight excluding hydrogens is 346 g/mol. The number of benzene rings is 1. The first-order valence-corrected chi connectivity index (χ1v) is 10.2. The molecule has 1 N–H and O–H groups in total. The van der Waals surface area contributed by atoms with E-state index in [9.17, 15) is 0 Å². The van der Waals surface area contributed by atoms with Gasteiger partial charge in [0.1, 0.15) is 11.6 Å². The van der Waals surface area contributed by atoms with Crippen molar-refractivity contribution in [1.29, 1.82) is 0 Å². The summed E-state index contributed by atoms with van der Waals surface area (Å²) in [6.45, 7) is 0.906. The van der Waals surface area contributed by atoms with Gasteiger partial charge in [-0.1, -0.05) is 18.2 Å². The number of anilines is 1. The average molecular weight is 376 g/mol. The van der Waals surface area contributed by atoms with E-state index < -0.39 is 0 Å². The monoisotopic (exact) mass is 375 g/mol. The Morgan fingerprint density at radius 2 is 1.82 bits per heavy atom. The number of hydrogen-bond acceptors (Lipinski definition) is 5. The first-order chi connectivity index (χ1) is 13.7. The van der Waals surface area contributed by atoms with Crippen LogP contribution in [0.4, 0.5) is 5.82 Å². The summed E-state index contributed by atoms with van der Waals surface area (Å²) in [4.78, 5) is 16.0. The van der Waals surface area contributed by atoms with Crippen LogP contribution in [0.1, 0.15) is 37.1 Å². The van der Waals surface area contributed by atoms with E-state index in [0.29, 0.717) is 12.0 Å². The fraction of sp³-hybridized carbons (Fsp3) is 0.435. The molecule has 0 amide bonds. The molecule has 5 heteroatoms. The van der Waals surface area contributed by atoms with Crippen LogP contribution in [0, 0.1) is 5.92 Å². The van der Waals surface area contributed by atoms with Crippen molar-refractivity contribution in [3.63, 3.8) is 0 Å². The lowest BCUT2D eigenvalue weighted by Gasteiger charge is -2.29. The predicted molar refractivity (Wildman–Crippen MR) is 114 cm³/mol. The van der Waals surface area contributed by atoms with Gasteiger partial charge in [0, 0.05) is 50.9 Å². The van der Waals surface area contributed by atoms with Gasteiger partial charge >= 0.3 is 0 Å². The molecule has 1 fully saturated rings. The van der Waals surface area contributed by atoms with E-state index in [0.717, 1.165) is 35.5 Å². The number of nitrogens with one attached hydrogen (secondary N) is 1. The van der Waals surface area contributed by atoms with Gasteiger partial charge in [-0.15, -0.1) is 0 Å². The second-order valence-corrected chi connectivity index (χ2v) is 8.04. The zero-order valence-electron chi connectivity index (χ0n) is 16.8. The van der Waals surface area contributed by atoms with Gasteiger partial charge in [0.15, 0.2) is 0 Å². The van der Waals surface area contributed by atoms with E-state index in [1.54, 1.807) is 0 Å². The standard InChI is InChI=1S/C23H29N5/c1-28(2)23-20-7-3-4-8-21(20)26-22(27-23)14-17-9-11-19(12-10-17)25-16-18-6-5-13-24-15-18/h3-8,13,15,17,19,25H,9-12,14,16H2,1-2H3/t17-,19+. The molecule has 1 aliphatic rings. The minimum Gasteiger partial charge on any atom is -0.362 e. The van der Waals surface area contributed by atoms with Crippen molar-refractivity contribution < 1.29 is 0 Å². The molecular formula is C23H29N5. The van der Waals surface area contributed by atoms with Crippen LogP contribution in [0.15, 0.2) is 48.8 Å².